The van der Waals surface area contributed by atoms with Crippen molar-refractivity contribution in [3.63, 3.8) is 0 Å². The van der Waals surface area contributed by atoms with Gasteiger partial charge in [0.1, 0.15) is 0 Å². The molecule has 0 aromatic rings. The van der Waals surface area contributed by atoms with Crippen molar-refractivity contribution in [1.82, 2.24) is 4.90 Å². The number of nitrogens with zero attached hydrogens (tertiary/aromatic N) is 1. The van der Waals surface area contributed by atoms with E-state index in [4.69, 9.17) is 4.74 Å². The topological polar surface area (TPSA) is 12.5 Å². The molecular formula is C10H21NO. The van der Waals surface area contributed by atoms with Gasteiger partial charge in [-0.15, -0.1) is 0 Å². The summed E-state index contributed by atoms with van der Waals surface area (Å²) in [6, 6.07) is 0. The molecule has 2 atom stereocenters. The Balaban J connectivity index is 2.21. The first kappa shape index (κ1) is 10.0. The molecule has 1 saturated heterocycles. The molecule has 0 spiro atoms. The predicted octanol–water partition coefficient (Wildman–Crippen LogP) is 1.75. The van der Waals surface area contributed by atoms with E-state index >= 15 is 0 Å². The van der Waals surface area contributed by atoms with Crippen LogP contribution in [0.3, 0.4) is 0 Å². The van der Waals surface area contributed by atoms with Gasteiger partial charge in [-0.05, 0) is 32.4 Å². The van der Waals surface area contributed by atoms with Crippen molar-refractivity contribution < 1.29 is 4.74 Å². The fourth-order valence-corrected chi connectivity index (χ4v) is 1.79. The summed E-state index contributed by atoms with van der Waals surface area (Å²) in [5.74, 6) is 0.692. The van der Waals surface area contributed by atoms with Gasteiger partial charge in [0, 0.05) is 13.2 Å². The molecule has 2 heteroatoms. The minimum absolute atomic E-state index is 0.527. The van der Waals surface area contributed by atoms with Crippen LogP contribution in [0.4, 0.5) is 0 Å². The van der Waals surface area contributed by atoms with E-state index in [0.717, 1.165) is 13.2 Å². The van der Waals surface area contributed by atoms with Gasteiger partial charge in [-0.1, -0.05) is 13.8 Å². The molecule has 1 heterocycles. The largest absolute Gasteiger partial charge is 0.378 e. The number of hydrogen-bond donors (Lipinski definition) is 0. The standard InChI is InChI=1S/C10H21NO/c1-4-11(3)8-9(2)10-6-5-7-12-10/h9-10H,4-8H2,1-3H3. The van der Waals surface area contributed by atoms with Gasteiger partial charge >= 0.3 is 0 Å². The van der Waals surface area contributed by atoms with E-state index < -0.39 is 0 Å². The zero-order valence-electron chi connectivity index (χ0n) is 8.55. The molecule has 2 nitrogen and oxygen atoms in total. The normalized spacial score (nSPS) is 26.5. The van der Waals surface area contributed by atoms with Gasteiger partial charge < -0.3 is 9.64 Å². The van der Waals surface area contributed by atoms with Crippen LogP contribution in [-0.4, -0.2) is 37.7 Å². The Morgan fingerprint density at radius 3 is 2.83 bits per heavy atom. The predicted molar refractivity (Wildman–Crippen MR) is 51.3 cm³/mol. The third-order valence-corrected chi connectivity index (χ3v) is 2.74. The Hall–Kier alpha value is -0.0800. The Kier molecular flexibility index (Phi) is 4.02. The molecule has 72 valence electrons. The summed E-state index contributed by atoms with van der Waals surface area (Å²) < 4.78 is 5.63. The summed E-state index contributed by atoms with van der Waals surface area (Å²) in [7, 11) is 2.17. The Bertz CT molecular complexity index is 121. The molecule has 1 aliphatic heterocycles. The van der Waals surface area contributed by atoms with Crippen LogP contribution < -0.4 is 0 Å². The first-order valence-electron chi connectivity index (χ1n) is 5.04. The van der Waals surface area contributed by atoms with Crippen molar-refractivity contribution in [3.8, 4) is 0 Å². The summed E-state index contributed by atoms with van der Waals surface area (Å²) in [6.07, 6.45) is 3.04. The van der Waals surface area contributed by atoms with E-state index in [-0.39, 0.29) is 0 Å². The Morgan fingerprint density at radius 2 is 2.33 bits per heavy atom. The average molecular weight is 171 g/mol. The molecule has 12 heavy (non-hydrogen) atoms. The lowest BCUT2D eigenvalue weighted by atomic mass is 10.0. The van der Waals surface area contributed by atoms with Crippen molar-refractivity contribution in [2.45, 2.75) is 32.8 Å². The highest BCUT2D eigenvalue weighted by Crippen LogP contribution is 2.20. The van der Waals surface area contributed by atoms with Crippen molar-refractivity contribution in [2.24, 2.45) is 5.92 Å². The summed E-state index contributed by atoms with van der Waals surface area (Å²) >= 11 is 0. The SMILES string of the molecule is CCN(C)CC(C)C1CCCO1. The van der Waals surface area contributed by atoms with Crippen molar-refractivity contribution in [3.05, 3.63) is 0 Å². The van der Waals surface area contributed by atoms with Crippen molar-refractivity contribution in [2.75, 3.05) is 26.7 Å². The van der Waals surface area contributed by atoms with Crippen LogP contribution >= 0.6 is 0 Å². The maximum Gasteiger partial charge on any atom is 0.0613 e. The molecule has 0 saturated carbocycles. The highest BCUT2D eigenvalue weighted by Gasteiger charge is 2.22. The van der Waals surface area contributed by atoms with Crippen molar-refractivity contribution in [1.29, 1.82) is 0 Å². The van der Waals surface area contributed by atoms with Gasteiger partial charge in [0.25, 0.3) is 0 Å². The molecule has 2 unspecified atom stereocenters. The first-order chi connectivity index (χ1) is 5.74. The molecule has 0 amide bonds. The van der Waals surface area contributed by atoms with Crippen LogP contribution in [0.25, 0.3) is 0 Å². The lowest BCUT2D eigenvalue weighted by Gasteiger charge is -2.23. The summed E-state index contributed by atoms with van der Waals surface area (Å²) in [5, 5.41) is 0. The van der Waals surface area contributed by atoms with Crippen LogP contribution in [0.1, 0.15) is 26.7 Å². The molecule has 0 bridgehead atoms. The second kappa shape index (κ2) is 4.83. The summed E-state index contributed by atoms with van der Waals surface area (Å²) in [5.41, 5.74) is 0. The third-order valence-electron chi connectivity index (χ3n) is 2.74. The lowest BCUT2D eigenvalue weighted by molar-refractivity contribution is 0.0570. The molecule has 0 aromatic heterocycles. The number of ether oxygens (including phenoxy) is 1. The second-order valence-corrected chi connectivity index (χ2v) is 3.88. The zero-order valence-corrected chi connectivity index (χ0v) is 8.55. The van der Waals surface area contributed by atoms with Gasteiger partial charge in [0.2, 0.25) is 0 Å². The van der Waals surface area contributed by atoms with E-state index in [1.54, 1.807) is 0 Å². The van der Waals surface area contributed by atoms with Crippen LogP contribution in [0.2, 0.25) is 0 Å². The smallest absolute Gasteiger partial charge is 0.0613 e. The molecule has 0 aromatic carbocycles. The fourth-order valence-electron chi connectivity index (χ4n) is 1.79. The summed E-state index contributed by atoms with van der Waals surface area (Å²) in [6.45, 7) is 7.77. The highest BCUT2D eigenvalue weighted by molar-refractivity contribution is 4.73. The van der Waals surface area contributed by atoms with E-state index in [9.17, 15) is 0 Å². The molecule has 1 rings (SSSR count). The van der Waals surface area contributed by atoms with Crippen molar-refractivity contribution >= 4 is 0 Å². The zero-order chi connectivity index (χ0) is 8.97. The molecule has 0 aliphatic carbocycles. The second-order valence-electron chi connectivity index (χ2n) is 3.88. The van der Waals surface area contributed by atoms with E-state index in [2.05, 4.69) is 25.8 Å². The maximum absolute atomic E-state index is 5.63. The van der Waals surface area contributed by atoms with Gasteiger partial charge in [-0.3, -0.25) is 0 Å². The van der Waals surface area contributed by atoms with Gasteiger partial charge in [0.15, 0.2) is 0 Å². The molecular weight excluding hydrogens is 150 g/mol. The summed E-state index contributed by atoms with van der Waals surface area (Å²) in [4.78, 5) is 2.35. The first-order valence-corrected chi connectivity index (χ1v) is 5.04. The monoisotopic (exact) mass is 171 g/mol. The minimum Gasteiger partial charge on any atom is -0.378 e. The van der Waals surface area contributed by atoms with E-state index in [0.29, 0.717) is 12.0 Å². The van der Waals surface area contributed by atoms with Crippen LogP contribution in [-0.2, 0) is 4.74 Å². The highest BCUT2D eigenvalue weighted by atomic mass is 16.5. The van der Waals surface area contributed by atoms with Gasteiger partial charge in [-0.2, -0.15) is 0 Å². The molecule has 1 aliphatic rings. The van der Waals surface area contributed by atoms with E-state index in [1.165, 1.54) is 19.4 Å². The molecule has 0 radical (unpaired) electrons. The third kappa shape index (κ3) is 2.76. The van der Waals surface area contributed by atoms with Gasteiger partial charge in [-0.25, -0.2) is 0 Å². The number of hydrogen-bond acceptors (Lipinski definition) is 2. The fraction of sp³-hybridized carbons (Fsp3) is 1.00. The van der Waals surface area contributed by atoms with Crippen LogP contribution in [0.15, 0.2) is 0 Å². The molecule has 1 fully saturated rings. The molecule has 0 N–H and O–H groups in total. The lowest BCUT2D eigenvalue weighted by Crippen LogP contribution is -2.30. The maximum atomic E-state index is 5.63. The van der Waals surface area contributed by atoms with E-state index in [1.807, 2.05) is 0 Å². The van der Waals surface area contributed by atoms with Crippen LogP contribution in [0, 0.1) is 5.92 Å². The van der Waals surface area contributed by atoms with Gasteiger partial charge in [0.05, 0.1) is 6.10 Å². The number of rotatable bonds is 4. The Morgan fingerprint density at radius 1 is 1.58 bits per heavy atom. The Labute approximate surface area is 75.9 Å². The van der Waals surface area contributed by atoms with Crippen LogP contribution in [0.5, 0.6) is 0 Å². The average Bonchev–Trinajstić information content (AvgIpc) is 2.56. The quantitative estimate of drug-likeness (QED) is 0.639. The minimum atomic E-state index is 0.527.